The van der Waals surface area contributed by atoms with Crippen molar-refractivity contribution < 1.29 is 28.2 Å². The van der Waals surface area contributed by atoms with Crippen LogP contribution in [-0.4, -0.2) is 57.2 Å². The predicted molar refractivity (Wildman–Crippen MR) is 116 cm³/mol. The Balaban J connectivity index is 1.64. The Morgan fingerprint density at radius 2 is 1.78 bits per heavy atom. The van der Waals surface area contributed by atoms with Crippen LogP contribution < -0.4 is 24.8 Å². The topological polar surface area (TPSA) is 89.1 Å². The van der Waals surface area contributed by atoms with Gasteiger partial charge in [-0.2, -0.15) is 0 Å². The number of halogens is 1. The van der Waals surface area contributed by atoms with Crippen LogP contribution in [0.2, 0.25) is 0 Å². The Labute approximate surface area is 186 Å². The molecule has 1 atom stereocenters. The second kappa shape index (κ2) is 10.8. The molecule has 0 saturated carbocycles. The van der Waals surface area contributed by atoms with E-state index in [1.807, 2.05) is 4.90 Å². The van der Waals surface area contributed by atoms with Crippen molar-refractivity contribution in [2.24, 2.45) is 0 Å². The molecule has 2 N–H and O–H groups in total. The second-order valence-corrected chi connectivity index (χ2v) is 7.44. The fourth-order valence-corrected chi connectivity index (χ4v) is 3.59. The van der Waals surface area contributed by atoms with Gasteiger partial charge in [0.05, 0.1) is 33.8 Å². The average Bonchev–Trinajstić information content (AvgIpc) is 2.80. The largest absolute Gasteiger partial charge is 0.497 e. The number of hydrogen-bond donors (Lipinski definition) is 2. The molecule has 2 aromatic carbocycles. The molecule has 0 aliphatic carbocycles. The molecule has 9 heteroatoms. The van der Waals surface area contributed by atoms with E-state index in [2.05, 4.69) is 10.6 Å². The van der Waals surface area contributed by atoms with Crippen molar-refractivity contribution in [2.75, 3.05) is 34.4 Å². The van der Waals surface area contributed by atoms with Gasteiger partial charge < -0.3 is 24.8 Å². The lowest BCUT2D eigenvalue weighted by molar-refractivity contribution is -0.134. The van der Waals surface area contributed by atoms with Crippen molar-refractivity contribution in [1.29, 1.82) is 0 Å². The highest BCUT2D eigenvalue weighted by Gasteiger charge is 2.32. The van der Waals surface area contributed by atoms with Crippen molar-refractivity contribution in [2.45, 2.75) is 25.6 Å². The number of benzene rings is 2. The molecule has 0 aromatic heterocycles. The van der Waals surface area contributed by atoms with Crippen LogP contribution in [0.1, 0.15) is 17.5 Å². The average molecular weight is 445 g/mol. The summed E-state index contributed by atoms with van der Waals surface area (Å²) >= 11 is 0. The summed E-state index contributed by atoms with van der Waals surface area (Å²) in [5.41, 5.74) is 1.24. The van der Waals surface area contributed by atoms with Crippen molar-refractivity contribution in [3.63, 3.8) is 0 Å². The molecule has 2 aromatic rings. The maximum absolute atomic E-state index is 14.4. The molecular weight excluding hydrogens is 417 g/mol. The molecule has 0 radical (unpaired) electrons. The van der Waals surface area contributed by atoms with Gasteiger partial charge in [0.2, 0.25) is 11.8 Å². The number of nitrogens with zero attached hydrogens (tertiary/aromatic N) is 1. The van der Waals surface area contributed by atoms with Gasteiger partial charge in [0.1, 0.15) is 23.1 Å². The molecule has 2 amide bonds. The van der Waals surface area contributed by atoms with E-state index in [0.717, 1.165) is 5.56 Å². The van der Waals surface area contributed by atoms with Gasteiger partial charge in [0.15, 0.2) is 0 Å². The molecule has 172 valence electrons. The smallest absolute Gasteiger partial charge is 0.237 e. The lowest BCUT2D eigenvalue weighted by Crippen LogP contribution is -2.56. The van der Waals surface area contributed by atoms with E-state index in [9.17, 15) is 14.0 Å². The molecule has 1 aliphatic heterocycles. The van der Waals surface area contributed by atoms with Crippen LogP contribution >= 0.6 is 0 Å². The van der Waals surface area contributed by atoms with Crippen LogP contribution in [0.15, 0.2) is 36.4 Å². The van der Waals surface area contributed by atoms with E-state index >= 15 is 0 Å². The summed E-state index contributed by atoms with van der Waals surface area (Å²) in [6.45, 7) is 1.43. The minimum absolute atomic E-state index is 0.0370. The summed E-state index contributed by atoms with van der Waals surface area (Å²) in [6.07, 6.45) is -0.0370. The van der Waals surface area contributed by atoms with Gasteiger partial charge in [0, 0.05) is 43.9 Å². The minimum atomic E-state index is -0.690. The number of carbonyl (C=O) groups is 2. The van der Waals surface area contributed by atoms with Crippen LogP contribution in [-0.2, 0) is 22.7 Å². The summed E-state index contributed by atoms with van der Waals surface area (Å²) < 4.78 is 29.9. The molecule has 0 spiro atoms. The third-order valence-electron chi connectivity index (χ3n) is 5.35. The Bertz CT molecular complexity index is 946. The van der Waals surface area contributed by atoms with Crippen LogP contribution in [0.4, 0.5) is 4.39 Å². The normalized spacial score (nSPS) is 16.2. The molecule has 8 nitrogen and oxygen atoms in total. The van der Waals surface area contributed by atoms with E-state index in [-0.39, 0.29) is 31.3 Å². The lowest BCUT2D eigenvalue weighted by atomic mass is 10.1. The molecular formula is C23H28FN3O5. The predicted octanol–water partition coefficient (Wildman–Crippen LogP) is 1.86. The van der Waals surface area contributed by atoms with Crippen LogP contribution in [0.25, 0.3) is 0 Å². The third-order valence-corrected chi connectivity index (χ3v) is 5.35. The van der Waals surface area contributed by atoms with Crippen molar-refractivity contribution in [3.05, 3.63) is 53.3 Å². The van der Waals surface area contributed by atoms with Gasteiger partial charge in [-0.1, -0.05) is 6.07 Å². The molecule has 1 saturated heterocycles. The van der Waals surface area contributed by atoms with Crippen molar-refractivity contribution >= 4 is 11.8 Å². The first kappa shape index (κ1) is 23.3. The summed E-state index contributed by atoms with van der Waals surface area (Å²) in [4.78, 5) is 26.9. The van der Waals surface area contributed by atoms with Gasteiger partial charge in [-0.3, -0.25) is 14.5 Å². The first-order valence-electron chi connectivity index (χ1n) is 10.3. The summed E-state index contributed by atoms with van der Waals surface area (Å²) in [7, 11) is 4.58. The van der Waals surface area contributed by atoms with Crippen molar-refractivity contribution in [1.82, 2.24) is 15.5 Å². The molecule has 1 aliphatic rings. The third kappa shape index (κ3) is 5.88. The van der Waals surface area contributed by atoms with Gasteiger partial charge >= 0.3 is 0 Å². The van der Waals surface area contributed by atoms with Gasteiger partial charge in [-0.05, 0) is 23.8 Å². The van der Waals surface area contributed by atoms with E-state index in [0.29, 0.717) is 35.9 Å². The van der Waals surface area contributed by atoms with Gasteiger partial charge in [-0.25, -0.2) is 4.39 Å². The summed E-state index contributed by atoms with van der Waals surface area (Å²) in [6, 6.07) is 9.27. The van der Waals surface area contributed by atoms with E-state index < -0.39 is 11.9 Å². The summed E-state index contributed by atoms with van der Waals surface area (Å²) in [5.74, 6) is 0.719. The number of methoxy groups -OCH3 is 3. The standard InChI is InChI=1S/C23H28FN3O5/c1-30-17-5-4-16(20(24)11-17)14-27-7-6-25-23(29)21(27)12-22(28)26-13-15-8-18(31-2)10-19(9-15)32-3/h4-5,8-11,21H,6-7,12-14H2,1-3H3,(H,25,29)(H,26,28). The Morgan fingerprint density at radius 3 is 2.41 bits per heavy atom. The highest BCUT2D eigenvalue weighted by Crippen LogP contribution is 2.23. The lowest BCUT2D eigenvalue weighted by Gasteiger charge is -2.34. The minimum Gasteiger partial charge on any atom is -0.497 e. The van der Waals surface area contributed by atoms with Crippen LogP contribution in [0, 0.1) is 5.82 Å². The van der Waals surface area contributed by atoms with E-state index in [4.69, 9.17) is 14.2 Å². The van der Waals surface area contributed by atoms with Crippen LogP contribution in [0.3, 0.4) is 0 Å². The zero-order valence-corrected chi connectivity index (χ0v) is 18.4. The highest BCUT2D eigenvalue weighted by molar-refractivity contribution is 5.88. The highest BCUT2D eigenvalue weighted by atomic mass is 19.1. The van der Waals surface area contributed by atoms with Gasteiger partial charge in [-0.15, -0.1) is 0 Å². The monoisotopic (exact) mass is 445 g/mol. The SMILES string of the molecule is COc1cc(CNC(=O)CC2C(=O)NCCN2Cc2ccc(OC)cc2F)cc(OC)c1. The fourth-order valence-electron chi connectivity index (χ4n) is 3.59. The number of piperazine rings is 1. The number of amides is 2. The number of ether oxygens (including phenoxy) is 3. The quantitative estimate of drug-likeness (QED) is 0.613. The second-order valence-electron chi connectivity index (χ2n) is 7.44. The van der Waals surface area contributed by atoms with E-state index in [1.165, 1.54) is 13.2 Å². The maximum atomic E-state index is 14.4. The molecule has 0 bridgehead atoms. The first-order chi connectivity index (χ1) is 15.4. The molecule has 1 heterocycles. The van der Waals surface area contributed by atoms with Crippen LogP contribution in [0.5, 0.6) is 17.2 Å². The number of rotatable bonds is 9. The van der Waals surface area contributed by atoms with E-state index in [1.54, 1.807) is 44.6 Å². The fraction of sp³-hybridized carbons (Fsp3) is 0.391. The Kier molecular flexibility index (Phi) is 7.88. The number of nitrogens with one attached hydrogen (secondary N) is 2. The van der Waals surface area contributed by atoms with Gasteiger partial charge in [0.25, 0.3) is 0 Å². The molecule has 32 heavy (non-hydrogen) atoms. The molecule has 1 unspecified atom stereocenters. The maximum Gasteiger partial charge on any atom is 0.237 e. The molecule has 1 fully saturated rings. The summed E-state index contributed by atoms with van der Waals surface area (Å²) in [5, 5.41) is 5.62. The Morgan fingerprint density at radius 1 is 1.09 bits per heavy atom. The number of carbonyl (C=O) groups excluding carboxylic acids is 2. The Hall–Kier alpha value is -3.33. The zero-order valence-electron chi connectivity index (χ0n) is 18.4. The van der Waals surface area contributed by atoms with Crippen molar-refractivity contribution in [3.8, 4) is 17.2 Å². The molecule has 3 rings (SSSR count). The first-order valence-corrected chi connectivity index (χ1v) is 10.3. The number of hydrogen-bond acceptors (Lipinski definition) is 6. The zero-order chi connectivity index (χ0) is 23.1.